The molecule has 1 saturated heterocycles. The average Bonchev–Trinajstić information content (AvgIpc) is 3.53. The van der Waals surface area contributed by atoms with Gasteiger partial charge in [-0.2, -0.15) is 4.98 Å². The molecule has 0 bridgehead atoms. The van der Waals surface area contributed by atoms with E-state index >= 15 is 0 Å². The molecule has 7 heteroatoms. The van der Waals surface area contributed by atoms with Crippen molar-refractivity contribution in [3.05, 3.63) is 11.7 Å². The van der Waals surface area contributed by atoms with Crippen molar-refractivity contribution in [2.24, 2.45) is 5.92 Å². The summed E-state index contributed by atoms with van der Waals surface area (Å²) in [7, 11) is 2.06. The molecule has 2 aliphatic carbocycles. The second-order valence-corrected chi connectivity index (χ2v) is 8.02. The van der Waals surface area contributed by atoms with E-state index in [9.17, 15) is 4.79 Å². The number of amides is 1. The van der Waals surface area contributed by atoms with E-state index in [0.29, 0.717) is 18.5 Å². The fourth-order valence-electron chi connectivity index (χ4n) is 3.55. The second-order valence-electron chi connectivity index (χ2n) is 8.02. The normalized spacial score (nSPS) is 24.6. The van der Waals surface area contributed by atoms with Crippen LogP contribution in [0, 0.1) is 5.92 Å². The van der Waals surface area contributed by atoms with Crippen molar-refractivity contribution in [1.29, 1.82) is 0 Å². The van der Waals surface area contributed by atoms with Crippen molar-refractivity contribution in [3.8, 4) is 0 Å². The van der Waals surface area contributed by atoms with Crippen LogP contribution >= 0.6 is 0 Å². The molecule has 1 aromatic rings. The molecule has 2 heterocycles. The maximum absolute atomic E-state index is 12.1. The van der Waals surface area contributed by atoms with Crippen molar-refractivity contribution < 1.29 is 9.32 Å². The zero-order valence-corrected chi connectivity index (χ0v) is 15.1. The average molecular weight is 347 g/mol. The van der Waals surface area contributed by atoms with Crippen LogP contribution in [0.1, 0.15) is 56.2 Å². The van der Waals surface area contributed by atoms with Gasteiger partial charge >= 0.3 is 0 Å². The highest BCUT2D eigenvalue weighted by molar-refractivity contribution is 5.78. The largest absolute Gasteiger partial charge is 0.355 e. The Balaban J connectivity index is 1.23. The highest BCUT2D eigenvalue weighted by Gasteiger charge is 2.30. The number of carbonyl (C=O) groups is 1. The van der Waals surface area contributed by atoms with E-state index in [1.54, 1.807) is 0 Å². The Morgan fingerprint density at radius 1 is 1.32 bits per heavy atom. The molecular formula is C18H29N5O2. The summed E-state index contributed by atoms with van der Waals surface area (Å²) in [6, 6.07) is 0.412. The summed E-state index contributed by atoms with van der Waals surface area (Å²) >= 11 is 0. The van der Waals surface area contributed by atoms with E-state index in [-0.39, 0.29) is 5.91 Å². The number of nitrogens with one attached hydrogen (secondary N) is 1. The third kappa shape index (κ3) is 4.79. The van der Waals surface area contributed by atoms with Crippen LogP contribution in [0.5, 0.6) is 0 Å². The third-order valence-electron chi connectivity index (χ3n) is 5.56. The molecule has 3 aliphatic rings. The van der Waals surface area contributed by atoms with Crippen molar-refractivity contribution >= 4 is 5.91 Å². The first-order chi connectivity index (χ1) is 12.2. The summed E-state index contributed by atoms with van der Waals surface area (Å²) in [6.45, 7) is 4.10. The van der Waals surface area contributed by atoms with Gasteiger partial charge < -0.3 is 9.84 Å². The van der Waals surface area contributed by atoms with Gasteiger partial charge in [0.15, 0.2) is 5.82 Å². The molecule has 2 saturated carbocycles. The number of nitrogens with zero attached hydrogens (tertiary/aromatic N) is 4. The minimum absolute atomic E-state index is 0.152. The van der Waals surface area contributed by atoms with Crippen molar-refractivity contribution in [1.82, 2.24) is 25.3 Å². The lowest BCUT2D eigenvalue weighted by Gasteiger charge is -2.36. The molecule has 1 amide bonds. The fraction of sp³-hybridized carbons (Fsp3) is 0.833. The summed E-state index contributed by atoms with van der Waals surface area (Å²) in [5.74, 6) is 3.00. The molecule has 0 aromatic carbocycles. The Kier molecular flexibility index (Phi) is 5.03. The van der Waals surface area contributed by atoms with Crippen molar-refractivity contribution in [3.63, 3.8) is 0 Å². The number of aromatic nitrogens is 2. The van der Waals surface area contributed by atoms with Gasteiger partial charge in [0, 0.05) is 25.0 Å². The highest BCUT2D eigenvalue weighted by atomic mass is 16.5. The number of rotatable bonds is 8. The van der Waals surface area contributed by atoms with Crippen LogP contribution in [0.15, 0.2) is 4.52 Å². The summed E-state index contributed by atoms with van der Waals surface area (Å²) in [5, 5.41) is 7.19. The molecule has 0 radical (unpaired) electrons. The standard InChI is InChI=1S/C18H29N5O2/c1-22(12-17(24)19-9-13-4-5-13)15-3-2-8-23(10-15)11-16-20-18(25-21-16)14-6-7-14/h13-15H,2-12H2,1H3,(H,19,24). The molecule has 1 aromatic heterocycles. The van der Waals surface area contributed by atoms with Crippen LogP contribution in [0.4, 0.5) is 0 Å². The van der Waals surface area contributed by atoms with Gasteiger partial charge in [-0.1, -0.05) is 5.16 Å². The Bertz CT molecular complexity index is 596. The first kappa shape index (κ1) is 17.0. The van der Waals surface area contributed by atoms with E-state index in [4.69, 9.17) is 4.52 Å². The third-order valence-corrected chi connectivity index (χ3v) is 5.56. The molecule has 1 aliphatic heterocycles. The van der Waals surface area contributed by atoms with Crippen LogP contribution in [-0.2, 0) is 11.3 Å². The van der Waals surface area contributed by atoms with Gasteiger partial charge in [-0.25, -0.2) is 0 Å². The minimum Gasteiger partial charge on any atom is -0.355 e. The van der Waals surface area contributed by atoms with Gasteiger partial charge in [-0.15, -0.1) is 0 Å². The second kappa shape index (κ2) is 7.41. The number of hydrogen-bond donors (Lipinski definition) is 1. The number of likely N-dealkylation sites (tertiary alicyclic amines) is 1. The van der Waals surface area contributed by atoms with Crippen molar-refractivity contribution in [2.45, 2.75) is 57.0 Å². The van der Waals surface area contributed by atoms with Gasteiger partial charge in [-0.3, -0.25) is 14.6 Å². The molecule has 1 unspecified atom stereocenters. The van der Waals surface area contributed by atoms with Gasteiger partial charge in [-0.05, 0) is 58.0 Å². The Morgan fingerprint density at radius 3 is 2.92 bits per heavy atom. The first-order valence-corrected chi connectivity index (χ1v) is 9.69. The zero-order chi connectivity index (χ0) is 17.2. The first-order valence-electron chi connectivity index (χ1n) is 9.69. The summed E-state index contributed by atoms with van der Waals surface area (Å²) < 4.78 is 5.36. The SMILES string of the molecule is CN(CC(=O)NCC1CC1)C1CCCN(Cc2noc(C3CC3)n2)C1. The lowest BCUT2D eigenvalue weighted by molar-refractivity contribution is -0.122. The Labute approximate surface area is 149 Å². The van der Waals surface area contributed by atoms with E-state index in [2.05, 4.69) is 32.3 Å². The number of piperidine rings is 1. The molecule has 1 N–H and O–H groups in total. The number of hydrogen-bond acceptors (Lipinski definition) is 6. The van der Waals surface area contributed by atoms with Gasteiger partial charge in [0.25, 0.3) is 0 Å². The van der Waals surface area contributed by atoms with Crippen LogP contribution in [-0.4, -0.2) is 65.1 Å². The minimum atomic E-state index is 0.152. The monoisotopic (exact) mass is 347 g/mol. The Morgan fingerprint density at radius 2 is 2.16 bits per heavy atom. The number of likely N-dealkylation sites (N-methyl/N-ethyl adjacent to an activating group) is 1. The Hall–Kier alpha value is -1.47. The van der Waals surface area contributed by atoms with Crippen LogP contribution in [0.25, 0.3) is 0 Å². The van der Waals surface area contributed by atoms with Crippen LogP contribution < -0.4 is 5.32 Å². The summed E-state index contributed by atoms with van der Waals surface area (Å²) in [4.78, 5) is 21.2. The van der Waals surface area contributed by atoms with E-state index in [1.165, 1.54) is 25.7 Å². The fourth-order valence-corrected chi connectivity index (χ4v) is 3.55. The molecule has 0 spiro atoms. The quantitative estimate of drug-likeness (QED) is 0.766. The smallest absolute Gasteiger partial charge is 0.234 e. The molecule has 4 rings (SSSR count). The van der Waals surface area contributed by atoms with E-state index in [0.717, 1.165) is 56.7 Å². The predicted molar refractivity (Wildman–Crippen MR) is 92.9 cm³/mol. The molecular weight excluding hydrogens is 318 g/mol. The van der Waals surface area contributed by atoms with Gasteiger partial charge in [0.05, 0.1) is 13.1 Å². The number of carbonyl (C=O) groups excluding carboxylic acids is 1. The molecule has 138 valence electrons. The summed E-state index contributed by atoms with van der Waals surface area (Å²) in [6.07, 6.45) is 7.19. The van der Waals surface area contributed by atoms with E-state index in [1.807, 2.05) is 0 Å². The van der Waals surface area contributed by atoms with Crippen molar-refractivity contribution in [2.75, 3.05) is 33.2 Å². The summed E-state index contributed by atoms with van der Waals surface area (Å²) in [5.41, 5.74) is 0. The molecule has 7 nitrogen and oxygen atoms in total. The van der Waals surface area contributed by atoms with Gasteiger partial charge in [0.1, 0.15) is 0 Å². The topological polar surface area (TPSA) is 74.5 Å². The van der Waals surface area contributed by atoms with Gasteiger partial charge in [0.2, 0.25) is 11.8 Å². The van der Waals surface area contributed by atoms with Crippen LogP contribution in [0.2, 0.25) is 0 Å². The zero-order valence-electron chi connectivity index (χ0n) is 15.1. The molecule has 25 heavy (non-hydrogen) atoms. The predicted octanol–water partition coefficient (Wildman–Crippen LogP) is 1.37. The lowest BCUT2D eigenvalue weighted by Crippen LogP contribution is -2.49. The molecule has 1 atom stereocenters. The molecule has 3 fully saturated rings. The van der Waals surface area contributed by atoms with E-state index < -0.39 is 0 Å². The maximum atomic E-state index is 12.1. The van der Waals surface area contributed by atoms with Crippen LogP contribution in [0.3, 0.4) is 0 Å². The maximum Gasteiger partial charge on any atom is 0.234 e. The lowest BCUT2D eigenvalue weighted by atomic mass is 10.0. The highest BCUT2D eigenvalue weighted by Crippen LogP contribution is 2.38.